The molecule has 3 aromatic rings. The molecule has 0 saturated heterocycles. The summed E-state index contributed by atoms with van der Waals surface area (Å²) < 4.78 is 10.5. The van der Waals surface area contributed by atoms with Crippen molar-refractivity contribution in [1.29, 1.82) is 0 Å². The first kappa shape index (κ1) is 19.5. The summed E-state index contributed by atoms with van der Waals surface area (Å²) in [5.41, 5.74) is 2.03. The fraction of sp³-hybridized carbons (Fsp3) is 0.158. The van der Waals surface area contributed by atoms with Crippen molar-refractivity contribution in [3.8, 4) is 22.8 Å². The minimum atomic E-state index is -0.270. The number of hydrogen-bond acceptors (Lipinski definition) is 6. The highest BCUT2D eigenvalue weighted by molar-refractivity contribution is 7.98. The lowest BCUT2D eigenvalue weighted by atomic mass is 10.2. The number of amides is 1. The number of benzene rings is 2. The molecule has 1 aromatic heterocycles. The summed E-state index contributed by atoms with van der Waals surface area (Å²) in [6, 6.07) is 10.9. The van der Waals surface area contributed by atoms with Crippen molar-refractivity contribution in [2.24, 2.45) is 0 Å². The molecule has 0 radical (unpaired) electrons. The highest BCUT2D eigenvalue weighted by Crippen LogP contribution is 2.32. The zero-order chi connectivity index (χ0) is 19.4. The maximum atomic E-state index is 12.6. The number of nitrogens with zero attached hydrogens (tertiary/aromatic N) is 1. The van der Waals surface area contributed by atoms with Crippen molar-refractivity contribution in [2.45, 2.75) is 4.90 Å². The second kappa shape index (κ2) is 8.65. The molecule has 27 heavy (non-hydrogen) atoms. The van der Waals surface area contributed by atoms with Crippen LogP contribution in [0, 0.1) is 0 Å². The molecule has 5 nitrogen and oxygen atoms in total. The number of nitrogens with one attached hydrogen (secondary N) is 1. The lowest BCUT2D eigenvalue weighted by molar-refractivity contribution is 0.102. The van der Waals surface area contributed by atoms with E-state index in [0.29, 0.717) is 27.2 Å². The van der Waals surface area contributed by atoms with Gasteiger partial charge in [-0.1, -0.05) is 11.6 Å². The lowest BCUT2D eigenvalue weighted by Crippen LogP contribution is -2.13. The summed E-state index contributed by atoms with van der Waals surface area (Å²) in [5.74, 6) is 0.858. The average Bonchev–Trinajstić information content (AvgIpc) is 3.15. The Hall–Kier alpha value is -2.22. The van der Waals surface area contributed by atoms with E-state index in [0.717, 1.165) is 16.2 Å². The van der Waals surface area contributed by atoms with E-state index in [1.54, 1.807) is 44.2 Å². The van der Waals surface area contributed by atoms with Gasteiger partial charge in [-0.05, 0) is 42.7 Å². The Morgan fingerprint density at radius 1 is 1.15 bits per heavy atom. The van der Waals surface area contributed by atoms with E-state index in [4.69, 9.17) is 21.1 Å². The van der Waals surface area contributed by atoms with Gasteiger partial charge in [-0.15, -0.1) is 23.1 Å². The van der Waals surface area contributed by atoms with Crippen molar-refractivity contribution in [1.82, 2.24) is 4.98 Å². The van der Waals surface area contributed by atoms with Crippen LogP contribution in [0.25, 0.3) is 11.3 Å². The van der Waals surface area contributed by atoms with Gasteiger partial charge in [-0.2, -0.15) is 0 Å². The van der Waals surface area contributed by atoms with E-state index < -0.39 is 0 Å². The Morgan fingerprint density at radius 2 is 1.93 bits per heavy atom. The predicted molar refractivity (Wildman–Crippen MR) is 112 cm³/mol. The van der Waals surface area contributed by atoms with Crippen LogP contribution in [0.4, 0.5) is 5.13 Å². The van der Waals surface area contributed by atoms with Crippen molar-refractivity contribution < 1.29 is 14.3 Å². The number of aromatic nitrogens is 1. The van der Waals surface area contributed by atoms with Crippen LogP contribution in [-0.4, -0.2) is 31.4 Å². The number of halogens is 1. The second-order valence-corrected chi connectivity index (χ2v) is 7.55. The van der Waals surface area contributed by atoms with Gasteiger partial charge in [-0.3, -0.25) is 10.1 Å². The average molecular weight is 421 g/mol. The number of ether oxygens (including phenoxy) is 2. The number of thioether (sulfide) groups is 1. The van der Waals surface area contributed by atoms with Gasteiger partial charge in [0.25, 0.3) is 5.91 Å². The minimum absolute atomic E-state index is 0.270. The van der Waals surface area contributed by atoms with Crippen molar-refractivity contribution in [2.75, 3.05) is 25.8 Å². The van der Waals surface area contributed by atoms with Crippen LogP contribution < -0.4 is 14.8 Å². The topological polar surface area (TPSA) is 60.5 Å². The first-order chi connectivity index (χ1) is 13.0. The molecule has 1 N–H and O–H groups in total. The molecule has 1 heterocycles. The number of carbonyl (C=O) groups excluding carboxylic acids is 1. The third kappa shape index (κ3) is 4.37. The highest BCUT2D eigenvalue weighted by Gasteiger charge is 2.15. The van der Waals surface area contributed by atoms with Gasteiger partial charge in [-0.25, -0.2) is 4.98 Å². The minimum Gasteiger partial charge on any atom is -0.496 e. The normalized spacial score (nSPS) is 10.5. The Morgan fingerprint density at radius 3 is 2.59 bits per heavy atom. The molecule has 140 valence electrons. The van der Waals surface area contributed by atoms with E-state index in [1.807, 2.05) is 29.8 Å². The van der Waals surface area contributed by atoms with Gasteiger partial charge >= 0.3 is 0 Å². The predicted octanol–water partition coefficient (Wildman–Crippen LogP) is 5.45. The smallest absolute Gasteiger partial charge is 0.261 e. The van der Waals surface area contributed by atoms with E-state index in [1.165, 1.54) is 11.3 Å². The van der Waals surface area contributed by atoms with Gasteiger partial charge in [0.1, 0.15) is 11.5 Å². The molecular formula is C19H17ClN2O3S2. The van der Waals surface area contributed by atoms with Crippen molar-refractivity contribution in [3.63, 3.8) is 0 Å². The summed E-state index contributed by atoms with van der Waals surface area (Å²) >= 11 is 9.10. The third-order valence-corrected chi connectivity index (χ3v) is 5.60. The fourth-order valence-electron chi connectivity index (χ4n) is 2.44. The van der Waals surface area contributed by atoms with Gasteiger partial charge in [0, 0.05) is 15.8 Å². The standard InChI is InChI=1S/C19H17ClN2O3S2/c1-24-16-7-4-11(8-14(16)20)15-10-27-19(21-15)22-18(23)13-6-5-12(26-3)9-17(13)25-2/h4-10H,1-3H3,(H,21,22,23). The first-order valence-electron chi connectivity index (χ1n) is 7.88. The van der Waals surface area contributed by atoms with E-state index >= 15 is 0 Å². The van der Waals surface area contributed by atoms with E-state index in [-0.39, 0.29) is 5.91 Å². The number of carbonyl (C=O) groups is 1. The summed E-state index contributed by atoms with van der Waals surface area (Å²) in [6.45, 7) is 0. The molecule has 0 aliphatic rings. The van der Waals surface area contributed by atoms with Gasteiger partial charge in [0.2, 0.25) is 0 Å². The largest absolute Gasteiger partial charge is 0.496 e. The van der Waals surface area contributed by atoms with Gasteiger partial charge in [0.15, 0.2) is 5.13 Å². The summed E-state index contributed by atoms with van der Waals surface area (Å²) in [7, 11) is 3.11. The first-order valence-corrected chi connectivity index (χ1v) is 10.4. The maximum absolute atomic E-state index is 12.6. The quantitative estimate of drug-likeness (QED) is 0.537. The van der Waals surface area contributed by atoms with Crippen LogP contribution in [-0.2, 0) is 0 Å². The number of anilines is 1. The molecule has 0 aliphatic carbocycles. The zero-order valence-corrected chi connectivity index (χ0v) is 17.3. The molecule has 0 aliphatic heterocycles. The van der Waals surface area contributed by atoms with Crippen LogP contribution in [0.3, 0.4) is 0 Å². The van der Waals surface area contributed by atoms with Gasteiger partial charge in [0.05, 0.1) is 30.5 Å². The number of thiazole rings is 1. The zero-order valence-electron chi connectivity index (χ0n) is 14.9. The maximum Gasteiger partial charge on any atom is 0.261 e. The molecule has 0 unspecified atom stereocenters. The van der Waals surface area contributed by atoms with Crippen LogP contribution in [0.1, 0.15) is 10.4 Å². The molecule has 0 fully saturated rings. The summed E-state index contributed by atoms with van der Waals surface area (Å²) in [6.07, 6.45) is 1.97. The lowest BCUT2D eigenvalue weighted by Gasteiger charge is -2.09. The molecule has 0 saturated carbocycles. The van der Waals surface area contributed by atoms with Crippen LogP contribution in [0.5, 0.6) is 11.5 Å². The molecule has 2 aromatic carbocycles. The number of rotatable bonds is 6. The third-order valence-electron chi connectivity index (χ3n) is 3.83. The van der Waals surface area contributed by atoms with Crippen LogP contribution in [0.2, 0.25) is 5.02 Å². The van der Waals surface area contributed by atoms with Crippen molar-refractivity contribution in [3.05, 3.63) is 52.4 Å². The van der Waals surface area contributed by atoms with Crippen LogP contribution >= 0.6 is 34.7 Å². The molecule has 0 spiro atoms. The Kier molecular flexibility index (Phi) is 6.26. The summed E-state index contributed by atoms with van der Waals surface area (Å²) in [5, 5.41) is 5.69. The molecular weight excluding hydrogens is 404 g/mol. The second-order valence-electron chi connectivity index (χ2n) is 5.41. The molecule has 0 bridgehead atoms. The number of hydrogen-bond donors (Lipinski definition) is 1. The molecule has 8 heteroatoms. The SMILES string of the molecule is COc1ccc(-c2csc(NC(=O)c3ccc(SC)cc3OC)n2)cc1Cl. The van der Waals surface area contributed by atoms with E-state index in [9.17, 15) is 4.79 Å². The Bertz CT molecular complexity index is 975. The Balaban J connectivity index is 1.80. The summed E-state index contributed by atoms with van der Waals surface area (Å²) in [4.78, 5) is 18.1. The van der Waals surface area contributed by atoms with Crippen LogP contribution in [0.15, 0.2) is 46.7 Å². The molecule has 0 atom stereocenters. The van der Waals surface area contributed by atoms with E-state index in [2.05, 4.69) is 10.3 Å². The molecule has 3 rings (SSSR count). The molecule has 1 amide bonds. The Labute approximate surface area is 170 Å². The fourth-order valence-corrected chi connectivity index (χ4v) is 3.84. The van der Waals surface area contributed by atoms with Gasteiger partial charge < -0.3 is 9.47 Å². The monoisotopic (exact) mass is 420 g/mol. The highest BCUT2D eigenvalue weighted by atomic mass is 35.5. The van der Waals surface area contributed by atoms with Crippen molar-refractivity contribution >= 4 is 45.7 Å². The number of methoxy groups -OCH3 is 2.